The summed E-state index contributed by atoms with van der Waals surface area (Å²) in [6, 6.07) is 0. The van der Waals surface area contributed by atoms with Crippen LogP contribution < -0.4 is 10.7 Å². The van der Waals surface area contributed by atoms with Gasteiger partial charge in [-0.25, -0.2) is 5.43 Å². The summed E-state index contributed by atoms with van der Waals surface area (Å²) in [4.78, 5) is 0. The molecule has 104 valence electrons. The Morgan fingerprint density at radius 1 is 1.28 bits per heavy atom. The van der Waals surface area contributed by atoms with E-state index in [-0.39, 0.29) is 11.2 Å². The summed E-state index contributed by atoms with van der Waals surface area (Å²) in [5, 5.41) is 6.52. The highest BCUT2D eigenvalue weighted by atomic mass is 32.1. The molecule has 2 N–H and O–H groups in total. The molecule has 0 aromatic heterocycles. The quantitative estimate of drug-likeness (QED) is 0.661. The summed E-state index contributed by atoms with van der Waals surface area (Å²) < 4.78 is 0. The first-order valence-corrected chi connectivity index (χ1v) is 7.34. The Hall–Kier alpha value is -0.350. The van der Waals surface area contributed by atoms with Crippen LogP contribution in [0.4, 0.5) is 0 Å². The van der Waals surface area contributed by atoms with Gasteiger partial charge >= 0.3 is 0 Å². The fraction of sp³-hybridized carbons (Fsp3) is 0.929. The predicted molar refractivity (Wildman–Crippen MR) is 80.0 cm³/mol. The van der Waals surface area contributed by atoms with Crippen LogP contribution >= 0.6 is 12.2 Å². The van der Waals surface area contributed by atoms with E-state index in [9.17, 15) is 0 Å². The fourth-order valence-corrected chi connectivity index (χ4v) is 4.29. The fourth-order valence-electron chi connectivity index (χ4n) is 3.78. The predicted octanol–water partition coefficient (Wildman–Crippen LogP) is 3.02. The van der Waals surface area contributed by atoms with Gasteiger partial charge in [0.1, 0.15) is 5.66 Å². The van der Waals surface area contributed by atoms with Crippen molar-refractivity contribution in [3.05, 3.63) is 0 Å². The van der Waals surface area contributed by atoms with Gasteiger partial charge in [0.25, 0.3) is 0 Å². The van der Waals surface area contributed by atoms with Crippen LogP contribution in [0.3, 0.4) is 0 Å². The molecule has 0 unspecified atom stereocenters. The molecule has 0 amide bonds. The molecule has 1 saturated heterocycles. The Labute approximate surface area is 117 Å². The second-order valence-corrected chi connectivity index (χ2v) is 8.37. The van der Waals surface area contributed by atoms with Gasteiger partial charge in [-0.2, -0.15) is 0 Å². The summed E-state index contributed by atoms with van der Waals surface area (Å²) in [5.74, 6) is 0.719. The molecule has 0 aromatic carbocycles. The smallest absolute Gasteiger partial charge is 0.185 e. The van der Waals surface area contributed by atoms with E-state index in [0.29, 0.717) is 5.41 Å². The lowest BCUT2D eigenvalue weighted by Gasteiger charge is -2.46. The van der Waals surface area contributed by atoms with Gasteiger partial charge in [-0.3, -0.25) is 5.01 Å². The Balaban J connectivity index is 2.22. The van der Waals surface area contributed by atoms with Crippen molar-refractivity contribution in [2.75, 3.05) is 0 Å². The summed E-state index contributed by atoms with van der Waals surface area (Å²) >= 11 is 5.51. The Morgan fingerprint density at radius 2 is 1.89 bits per heavy atom. The Bertz CT molecular complexity index is 359. The molecule has 2 atom stereocenters. The minimum atomic E-state index is -0.0362. The van der Waals surface area contributed by atoms with Crippen LogP contribution in [0.1, 0.15) is 60.8 Å². The van der Waals surface area contributed by atoms with Gasteiger partial charge in [-0.15, -0.1) is 0 Å². The maximum absolute atomic E-state index is 5.51. The van der Waals surface area contributed by atoms with Crippen molar-refractivity contribution in [1.29, 1.82) is 0 Å². The topological polar surface area (TPSA) is 27.3 Å². The molecule has 2 fully saturated rings. The lowest BCUT2D eigenvalue weighted by atomic mass is 9.68. The molecule has 4 heteroatoms. The van der Waals surface area contributed by atoms with Crippen LogP contribution in [-0.4, -0.2) is 21.3 Å². The zero-order valence-electron chi connectivity index (χ0n) is 12.6. The third-order valence-corrected chi connectivity index (χ3v) is 4.21. The van der Waals surface area contributed by atoms with Gasteiger partial charge in [0, 0.05) is 0 Å². The van der Waals surface area contributed by atoms with Crippen LogP contribution in [0.15, 0.2) is 0 Å². The summed E-state index contributed by atoms with van der Waals surface area (Å²) in [7, 11) is 0. The third-order valence-electron chi connectivity index (χ3n) is 3.92. The molecule has 0 aromatic rings. The molecular formula is C14H27N3S. The van der Waals surface area contributed by atoms with Crippen LogP contribution in [0.5, 0.6) is 0 Å². The Kier molecular flexibility index (Phi) is 3.18. The first kappa shape index (κ1) is 14.1. The van der Waals surface area contributed by atoms with Crippen molar-refractivity contribution in [1.82, 2.24) is 15.8 Å². The van der Waals surface area contributed by atoms with E-state index < -0.39 is 0 Å². The summed E-state index contributed by atoms with van der Waals surface area (Å²) in [6.45, 7) is 13.6. The van der Waals surface area contributed by atoms with Gasteiger partial charge in [0.15, 0.2) is 5.11 Å². The highest BCUT2D eigenvalue weighted by Gasteiger charge is 2.49. The molecule has 1 aliphatic carbocycles. The molecule has 1 aliphatic heterocycles. The molecule has 1 saturated carbocycles. The molecule has 0 radical (unpaired) electrons. The van der Waals surface area contributed by atoms with E-state index >= 15 is 0 Å². The van der Waals surface area contributed by atoms with E-state index in [1.165, 1.54) is 6.42 Å². The molecule has 2 rings (SSSR count). The van der Waals surface area contributed by atoms with E-state index in [2.05, 4.69) is 57.3 Å². The van der Waals surface area contributed by atoms with E-state index in [1.54, 1.807) is 0 Å². The van der Waals surface area contributed by atoms with Crippen LogP contribution in [0, 0.1) is 11.3 Å². The van der Waals surface area contributed by atoms with Gasteiger partial charge in [0.05, 0.1) is 5.54 Å². The zero-order valence-corrected chi connectivity index (χ0v) is 13.4. The lowest BCUT2D eigenvalue weighted by Crippen LogP contribution is -2.59. The number of hydrogen-bond acceptors (Lipinski definition) is 2. The Morgan fingerprint density at radius 3 is 2.33 bits per heavy atom. The molecule has 1 spiro atoms. The average molecular weight is 269 g/mol. The summed E-state index contributed by atoms with van der Waals surface area (Å²) in [5.41, 5.74) is 4.00. The number of hydrogen-bond donors (Lipinski definition) is 2. The molecule has 3 nitrogen and oxygen atoms in total. The van der Waals surface area contributed by atoms with Crippen molar-refractivity contribution >= 4 is 17.3 Å². The molecule has 2 aliphatic rings. The second-order valence-electron chi connectivity index (χ2n) is 7.98. The number of thiocarbonyl (C=S) groups is 1. The largest absolute Gasteiger partial charge is 0.342 e. The minimum absolute atomic E-state index is 0.0123. The lowest BCUT2D eigenvalue weighted by molar-refractivity contribution is 0.0360. The SMILES string of the molecule is C[C@@H]1CC(C)(C)C[C@@]2(C1)NC(=S)N(C(C)(C)C)N2. The number of nitrogens with zero attached hydrogens (tertiary/aromatic N) is 1. The van der Waals surface area contributed by atoms with Crippen molar-refractivity contribution in [3.8, 4) is 0 Å². The second kappa shape index (κ2) is 4.07. The van der Waals surface area contributed by atoms with Crippen LogP contribution in [0.25, 0.3) is 0 Å². The molecule has 1 heterocycles. The first-order valence-electron chi connectivity index (χ1n) is 6.93. The molecular weight excluding hydrogens is 242 g/mol. The van der Waals surface area contributed by atoms with E-state index in [4.69, 9.17) is 12.2 Å². The van der Waals surface area contributed by atoms with Gasteiger partial charge < -0.3 is 5.32 Å². The third kappa shape index (κ3) is 2.64. The normalized spacial score (nSPS) is 36.0. The maximum Gasteiger partial charge on any atom is 0.185 e. The van der Waals surface area contributed by atoms with Crippen LogP contribution in [0.2, 0.25) is 0 Å². The van der Waals surface area contributed by atoms with Crippen molar-refractivity contribution < 1.29 is 0 Å². The van der Waals surface area contributed by atoms with Gasteiger partial charge in [0.2, 0.25) is 0 Å². The van der Waals surface area contributed by atoms with Crippen molar-refractivity contribution in [2.45, 2.75) is 72.0 Å². The standard InChI is InChI=1S/C14H27N3S/c1-10-7-13(5,6)9-14(8-10)15-11(18)17(16-14)12(2,3)4/h10,16H,7-9H2,1-6H3,(H,15,18)/t10-,14+/m1/s1. The first-order chi connectivity index (χ1) is 8.03. The number of hydrazine groups is 1. The average Bonchev–Trinajstić information content (AvgIpc) is 2.36. The maximum atomic E-state index is 5.51. The van der Waals surface area contributed by atoms with Gasteiger partial charge in [-0.05, 0) is 63.6 Å². The minimum Gasteiger partial charge on any atom is -0.342 e. The van der Waals surface area contributed by atoms with Crippen LogP contribution in [-0.2, 0) is 0 Å². The highest BCUT2D eigenvalue weighted by molar-refractivity contribution is 7.80. The highest BCUT2D eigenvalue weighted by Crippen LogP contribution is 2.44. The van der Waals surface area contributed by atoms with E-state index in [0.717, 1.165) is 23.9 Å². The summed E-state index contributed by atoms with van der Waals surface area (Å²) in [6.07, 6.45) is 3.56. The zero-order chi connectivity index (χ0) is 13.8. The van der Waals surface area contributed by atoms with E-state index in [1.807, 2.05) is 0 Å². The number of rotatable bonds is 0. The van der Waals surface area contributed by atoms with Crippen molar-refractivity contribution in [2.24, 2.45) is 11.3 Å². The van der Waals surface area contributed by atoms with Crippen molar-refractivity contribution in [3.63, 3.8) is 0 Å². The molecule has 0 bridgehead atoms. The molecule has 18 heavy (non-hydrogen) atoms. The monoisotopic (exact) mass is 269 g/mol. The number of nitrogens with one attached hydrogen (secondary N) is 2. The van der Waals surface area contributed by atoms with Gasteiger partial charge in [-0.1, -0.05) is 20.8 Å².